The fourth-order valence-corrected chi connectivity index (χ4v) is 5.77. The normalized spacial score (nSPS) is 16.6. The second-order valence-corrected chi connectivity index (χ2v) is 12.9. The summed E-state index contributed by atoms with van der Waals surface area (Å²) in [7, 11) is 0. The third kappa shape index (κ3) is 16.6. The first-order chi connectivity index (χ1) is 24.0. The van der Waals surface area contributed by atoms with E-state index in [-0.39, 0.29) is 56.7 Å². The molecule has 0 unspecified atom stereocenters. The largest absolute Gasteiger partial charge is 0.512 e. The summed E-state index contributed by atoms with van der Waals surface area (Å²) < 4.78 is 5.63. The lowest BCUT2D eigenvalue weighted by atomic mass is 10.0. The number of nitrogens with two attached hydrogens (primary N) is 1. The predicted molar refractivity (Wildman–Crippen MR) is 190 cm³/mol. The molecule has 1 fully saturated rings. The van der Waals surface area contributed by atoms with Gasteiger partial charge in [0.15, 0.2) is 5.78 Å². The van der Waals surface area contributed by atoms with Crippen LogP contribution in [0.2, 0.25) is 0 Å². The maximum atomic E-state index is 13.1. The summed E-state index contributed by atoms with van der Waals surface area (Å²) in [4.78, 5) is 56.1. The van der Waals surface area contributed by atoms with Crippen LogP contribution in [0.3, 0.4) is 0 Å². The monoisotopic (exact) mass is 695 g/mol. The molecule has 0 bridgehead atoms. The molecule has 0 amide bonds. The number of ether oxygens (including phenoxy) is 1. The summed E-state index contributed by atoms with van der Waals surface area (Å²) in [5.74, 6) is -2.01. The summed E-state index contributed by atoms with van der Waals surface area (Å²) in [6.45, 7) is 7.40. The Morgan fingerprint density at radius 3 is 1.62 bits per heavy atom. The number of carboxylic acid groups (broad SMARTS) is 2. The molecule has 2 aromatic carbocycles. The van der Waals surface area contributed by atoms with Gasteiger partial charge in [0.2, 0.25) is 0 Å². The molecule has 1 aliphatic heterocycles. The highest BCUT2D eigenvalue weighted by Gasteiger charge is 2.21. The van der Waals surface area contributed by atoms with Crippen LogP contribution in [0.15, 0.2) is 66.9 Å². The van der Waals surface area contributed by atoms with Crippen molar-refractivity contribution in [2.45, 2.75) is 38.3 Å². The van der Waals surface area contributed by atoms with E-state index in [1.807, 2.05) is 74.2 Å². The molecule has 3 rings (SSSR count). The van der Waals surface area contributed by atoms with Crippen molar-refractivity contribution >= 4 is 23.5 Å². The van der Waals surface area contributed by atoms with Gasteiger partial charge in [0, 0.05) is 58.8 Å². The summed E-state index contributed by atoms with van der Waals surface area (Å²) in [6.07, 6.45) is 2.16. The highest BCUT2D eigenvalue weighted by molar-refractivity contribution is 5.85. The van der Waals surface area contributed by atoms with Crippen molar-refractivity contribution in [3.05, 3.63) is 83.6 Å². The van der Waals surface area contributed by atoms with E-state index < -0.39 is 18.0 Å². The number of carboxylic acids is 2. The Balaban J connectivity index is 1.47. The van der Waals surface area contributed by atoms with Gasteiger partial charge in [-0.3, -0.25) is 38.8 Å². The smallest absolute Gasteiger partial charge is 0.317 e. The SMILES string of the molecule is C=C(O)CN1CCN(CC(=O)O)CCN(CC(=O)CCc2ccc(COCC(=O)[C@H](N)CCc3ccccc3)cc2)CCN(CC(=O)O)CC1. The topological polar surface area (TPSA) is 177 Å². The van der Waals surface area contributed by atoms with Gasteiger partial charge < -0.3 is 25.8 Å². The Morgan fingerprint density at radius 2 is 1.12 bits per heavy atom. The van der Waals surface area contributed by atoms with Crippen molar-refractivity contribution in [2.75, 3.05) is 85.1 Å². The van der Waals surface area contributed by atoms with E-state index in [2.05, 4.69) is 6.58 Å². The lowest BCUT2D eigenvalue weighted by Crippen LogP contribution is -2.48. The number of hydrogen-bond donors (Lipinski definition) is 4. The van der Waals surface area contributed by atoms with Gasteiger partial charge in [-0.1, -0.05) is 61.2 Å². The number of nitrogens with zero attached hydrogens (tertiary/aromatic N) is 4. The molecule has 5 N–H and O–H groups in total. The minimum atomic E-state index is -0.949. The Labute approximate surface area is 294 Å². The molecule has 13 nitrogen and oxygen atoms in total. The van der Waals surface area contributed by atoms with Crippen molar-refractivity contribution in [3.8, 4) is 0 Å². The molecular weight excluding hydrogens is 642 g/mol. The Hall–Kier alpha value is -3.98. The number of carbonyl (C=O) groups excluding carboxylic acids is 2. The van der Waals surface area contributed by atoms with E-state index in [1.54, 1.807) is 0 Å². The number of rotatable bonds is 19. The summed E-state index contributed by atoms with van der Waals surface area (Å²) in [5, 5.41) is 28.7. The average Bonchev–Trinajstić information content (AvgIpc) is 3.07. The van der Waals surface area contributed by atoms with Gasteiger partial charge in [-0.05, 0) is 36.0 Å². The molecule has 0 aromatic heterocycles. The van der Waals surface area contributed by atoms with E-state index in [1.165, 1.54) is 0 Å². The van der Waals surface area contributed by atoms with Gasteiger partial charge >= 0.3 is 11.9 Å². The molecule has 0 saturated carbocycles. The van der Waals surface area contributed by atoms with E-state index in [0.717, 1.165) is 23.1 Å². The quantitative estimate of drug-likeness (QED) is 0.156. The second-order valence-electron chi connectivity index (χ2n) is 12.9. The number of benzene rings is 2. The van der Waals surface area contributed by atoms with E-state index in [4.69, 9.17) is 10.5 Å². The molecule has 1 aliphatic rings. The molecule has 1 heterocycles. The zero-order chi connectivity index (χ0) is 36.3. The highest BCUT2D eigenvalue weighted by Crippen LogP contribution is 2.10. The third-order valence-corrected chi connectivity index (χ3v) is 8.68. The first kappa shape index (κ1) is 40.4. The first-order valence-electron chi connectivity index (χ1n) is 17.2. The maximum Gasteiger partial charge on any atom is 0.317 e. The van der Waals surface area contributed by atoms with Gasteiger partial charge in [0.25, 0.3) is 0 Å². The van der Waals surface area contributed by atoms with E-state index in [9.17, 15) is 34.5 Å². The number of aryl methyl sites for hydroxylation is 2. The summed E-state index contributed by atoms with van der Waals surface area (Å²) >= 11 is 0. The third-order valence-electron chi connectivity index (χ3n) is 8.68. The first-order valence-corrected chi connectivity index (χ1v) is 17.2. The van der Waals surface area contributed by atoms with Gasteiger partial charge in [0.1, 0.15) is 12.4 Å². The zero-order valence-corrected chi connectivity index (χ0v) is 29.0. The van der Waals surface area contributed by atoms with Crippen LogP contribution >= 0.6 is 0 Å². The van der Waals surface area contributed by atoms with E-state index in [0.29, 0.717) is 71.6 Å². The molecule has 2 aromatic rings. The zero-order valence-electron chi connectivity index (χ0n) is 29.0. The van der Waals surface area contributed by atoms with Crippen molar-refractivity contribution in [2.24, 2.45) is 5.73 Å². The van der Waals surface area contributed by atoms with Crippen molar-refractivity contribution in [1.29, 1.82) is 0 Å². The van der Waals surface area contributed by atoms with Crippen LogP contribution in [-0.4, -0.2) is 150 Å². The fourth-order valence-electron chi connectivity index (χ4n) is 5.77. The van der Waals surface area contributed by atoms with Crippen LogP contribution in [0.1, 0.15) is 29.5 Å². The molecule has 50 heavy (non-hydrogen) atoms. The Morgan fingerprint density at radius 1 is 0.660 bits per heavy atom. The van der Waals surface area contributed by atoms with Gasteiger partial charge in [-0.15, -0.1) is 0 Å². The number of Topliss-reactive ketones (excluding diaryl/α,β-unsaturated/α-hetero) is 2. The Kier molecular flexibility index (Phi) is 17.8. The predicted octanol–water partition coefficient (Wildman–Crippen LogP) is 1.70. The van der Waals surface area contributed by atoms with Crippen LogP contribution in [-0.2, 0) is 43.4 Å². The second kappa shape index (κ2) is 22.0. The van der Waals surface area contributed by atoms with Crippen LogP contribution in [0.25, 0.3) is 0 Å². The average molecular weight is 696 g/mol. The molecule has 0 aliphatic carbocycles. The fraction of sp³-hybridized carbons (Fsp3) is 0.514. The summed E-state index contributed by atoms with van der Waals surface area (Å²) in [6, 6.07) is 17.0. The molecular formula is C37H53N5O8. The lowest BCUT2D eigenvalue weighted by Gasteiger charge is -2.33. The molecule has 274 valence electrons. The van der Waals surface area contributed by atoms with E-state index >= 15 is 0 Å². The van der Waals surface area contributed by atoms with Crippen LogP contribution in [0, 0.1) is 0 Å². The number of aliphatic hydroxyl groups excluding tert-OH is 1. The number of aliphatic hydroxyl groups is 1. The van der Waals surface area contributed by atoms with Crippen LogP contribution in [0.4, 0.5) is 0 Å². The van der Waals surface area contributed by atoms with Crippen molar-refractivity contribution in [1.82, 2.24) is 19.6 Å². The van der Waals surface area contributed by atoms with Crippen molar-refractivity contribution in [3.63, 3.8) is 0 Å². The Bertz CT molecular complexity index is 1340. The van der Waals surface area contributed by atoms with Crippen LogP contribution < -0.4 is 5.73 Å². The van der Waals surface area contributed by atoms with Crippen molar-refractivity contribution < 1.29 is 39.2 Å². The standard InChI is InChI=1S/C37H53N5O8/c1-29(43)23-39-15-19-41(25-36(46)47)21-17-40(18-22-42(20-16-39)26-37(48)49)24-33(44)13-11-31-7-9-32(10-8-31)27-50-28-35(45)34(38)14-12-30-5-3-2-4-6-30/h2-10,34,43H,1,11-28,38H2,(H,46,47)(H,48,49)/t34-/m1/s1. The minimum Gasteiger partial charge on any atom is -0.512 e. The number of carbonyl (C=O) groups is 4. The lowest BCUT2D eigenvalue weighted by molar-refractivity contribution is -0.139. The number of hydrogen-bond acceptors (Lipinski definition) is 11. The van der Waals surface area contributed by atoms with Gasteiger partial charge in [-0.2, -0.15) is 0 Å². The van der Waals surface area contributed by atoms with Gasteiger partial charge in [-0.25, -0.2) is 0 Å². The van der Waals surface area contributed by atoms with Gasteiger partial charge in [0.05, 0.1) is 44.6 Å². The number of ketones is 2. The molecule has 1 saturated heterocycles. The minimum absolute atomic E-state index is 0.0131. The summed E-state index contributed by atoms with van der Waals surface area (Å²) in [5.41, 5.74) is 9.11. The molecule has 0 spiro atoms. The maximum absolute atomic E-state index is 13.1. The number of aliphatic carboxylic acids is 2. The molecule has 1 atom stereocenters. The molecule has 0 radical (unpaired) electrons. The highest BCUT2D eigenvalue weighted by atomic mass is 16.5. The van der Waals surface area contributed by atoms with Crippen LogP contribution in [0.5, 0.6) is 0 Å². The molecule has 13 heteroatoms.